The molecule has 1 aliphatic rings. The fourth-order valence-corrected chi connectivity index (χ4v) is 2.22. The van der Waals surface area contributed by atoms with Gasteiger partial charge in [-0.2, -0.15) is 0 Å². The van der Waals surface area contributed by atoms with Crippen molar-refractivity contribution in [2.75, 3.05) is 26.9 Å². The quantitative estimate of drug-likeness (QED) is 0.778. The molecule has 2 aromatic rings. The van der Waals surface area contributed by atoms with Crippen LogP contribution in [0.1, 0.15) is 16.1 Å². The van der Waals surface area contributed by atoms with Crippen LogP contribution in [-0.2, 0) is 16.1 Å². The van der Waals surface area contributed by atoms with Crippen LogP contribution in [0.3, 0.4) is 0 Å². The summed E-state index contributed by atoms with van der Waals surface area (Å²) in [6, 6.07) is 8.29. The fraction of sp³-hybridized carbons (Fsp3) is 0.294. The zero-order valence-corrected chi connectivity index (χ0v) is 13.2. The van der Waals surface area contributed by atoms with Gasteiger partial charge in [0.25, 0.3) is 5.91 Å². The number of benzene rings is 1. The molecule has 7 nitrogen and oxygen atoms in total. The minimum Gasteiger partial charge on any atom is -0.486 e. The van der Waals surface area contributed by atoms with E-state index in [2.05, 4.69) is 0 Å². The minimum atomic E-state index is -0.591. The molecule has 0 bridgehead atoms. The number of furan rings is 1. The van der Waals surface area contributed by atoms with E-state index >= 15 is 0 Å². The highest BCUT2D eigenvalue weighted by atomic mass is 16.6. The van der Waals surface area contributed by atoms with E-state index in [0.29, 0.717) is 42.6 Å². The number of ether oxygens (including phenoxy) is 3. The first-order chi connectivity index (χ1) is 11.6. The number of likely N-dealkylation sites (N-methyl/N-ethyl adjacent to an activating group) is 1. The molecule has 0 unspecified atom stereocenters. The van der Waals surface area contributed by atoms with Crippen LogP contribution in [0.15, 0.2) is 41.0 Å². The van der Waals surface area contributed by atoms with Crippen molar-refractivity contribution in [3.8, 4) is 11.5 Å². The molecule has 0 atom stereocenters. The van der Waals surface area contributed by atoms with Crippen LogP contribution >= 0.6 is 0 Å². The fourth-order valence-electron chi connectivity index (χ4n) is 2.22. The maximum atomic E-state index is 12.1. The second-order valence-corrected chi connectivity index (χ2v) is 5.26. The number of fused-ring (bicyclic) bond motifs is 1. The summed E-state index contributed by atoms with van der Waals surface area (Å²) in [5, 5.41) is 0. The first-order valence-corrected chi connectivity index (χ1v) is 7.46. The van der Waals surface area contributed by atoms with Crippen molar-refractivity contribution >= 4 is 11.9 Å². The van der Waals surface area contributed by atoms with Crippen molar-refractivity contribution in [3.05, 3.63) is 47.9 Å². The van der Waals surface area contributed by atoms with Gasteiger partial charge in [0.2, 0.25) is 0 Å². The number of hydrogen-bond donors (Lipinski definition) is 0. The van der Waals surface area contributed by atoms with Gasteiger partial charge in [-0.1, -0.05) is 0 Å². The molecule has 1 amide bonds. The lowest BCUT2D eigenvalue weighted by molar-refractivity contribution is -0.133. The number of nitrogens with zero attached hydrogens (tertiary/aromatic N) is 1. The summed E-state index contributed by atoms with van der Waals surface area (Å²) in [5.41, 5.74) is 0.306. The SMILES string of the molecule is CN(Cc1ccco1)C(=O)COC(=O)c1ccc2c(c1)OCCO2. The molecule has 2 heterocycles. The first-order valence-electron chi connectivity index (χ1n) is 7.46. The lowest BCUT2D eigenvalue weighted by Gasteiger charge is -2.19. The van der Waals surface area contributed by atoms with Gasteiger partial charge in [-0.05, 0) is 30.3 Å². The van der Waals surface area contributed by atoms with Gasteiger partial charge < -0.3 is 23.5 Å². The van der Waals surface area contributed by atoms with Gasteiger partial charge in [-0.15, -0.1) is 0 Å². The maximum absolute atomic E-state index is 12.1. The second kappa shape index (κ2) is 7.08. The van der Waals surface area contributed by atoms with E-state index in [1.807, 2.05) is 0 Å². The molecule has 0 saturated carbocycles. The van der Waals surface area contributed by atoms with Crippen LogP contribution in [0.4, 0.5) is 0 Å². The van der Waals surface area contributed by atoms with Crippen LogP contribution in [0, 0.1) is 0 Å². The minimum absolute atomic E-state index is 0.306. The van der Waals surface area contributed by atoms with Crippen molar-refractivity contribution in [2.24, 2.45) is 0 Å². The molecule has 0 spiro atoms. The van der Waals surface area contributed by atoms with Crippen LogP contribution in [0.5, 0.6) is 11.5 Å². The summed E-state index contributed by atoms with van der Waals surface area (Å²) in [7, 11) is 1.61. The number of hydrogen-bond acceptors (Lipinski definition) is 6. The Morgan fingerprint density at radius 3 is 2.71 bits per heavy atom. The highest BCUT2D eigenvalue weighted by molar-refractivity contribution is 5.92. The largest absolute Gasteiger partial charge is 0.486 e. The first kappa shape index (κ1) is 15.9. The van der Waals surface area contributed by atoms with Crippen LogP contribution in [-0.4, -0.2) is 43.6 Å². The van der Waals surface area contributed by atoms with Crippen molar-refractivity contribution in [2.45, 2.75) is 6.54 Å². The van der Waals surface area contributed by atoms with E-state index in [1.165, 1.54) is 11.2 Å². The van der Waals surface area contributed by atoms with E-state index in [0.717, 1.165) is 0 Å². The predicted octanol–water partition coefficient (Wildman–Crippen LogP) is 1.87. The number of amides is 1. The molecular formula is C17H17NO6. The van der Waals surface area contributed by atoms with E-state index in [4.69, 9.17) is 18.6 Å². The van der Waals surface area contributed by atoms with Crippen molar-refractivity contribution < 1.29 is 28.2 Å². The van der Waals surface area contributed by atoms with Crippen molar-refractivity contribution in [1.82, 2.24) is 4.90 Å². The molecule has 1 aliphatic heterocycles. The monoisotopic (exact) mass is 331 g/mol. The lowest BCUT2D eigenvalue weighted by Crippen LogP contribution is -2.30. The Hall–Kier alpha value is -2.96. The van der Waals surface area contributed by atoms with Crippen LogP contribution < -0.4 is 9.47 Å². The van der Waals surface area contributed by atoms with E-state index in [-0.39, 0.29) is 12.5 Å². The summed E-state index contributed by atoms with van der Waals surface area (Å²) in [4.78, 5) is 25.5. The molecule has 0 radical (unpaired) electrons. The molecule has 1 aromatic carbocycles. The number of carbonyl (C=O) groups excluding carboxylic acids is 2. The zero-order valence-electron chi connectivity index (χ0n) is 13.2. The molecule has 0 saturated heterocycles. The topological polar surface area (TPSA) is 78.2 Å². The molecule has 1 aromatic heterocycles. The third kappa shape index (κ3) is 3.68. The molecule has 126 valence electrons. The van der Waals surface area contributed by atoms with Gasteiger partial charge >= 0.3 is 5.97 Å². The summed E-state index contributed by atoms with van der Waals surface area (Å²) in [6.07, 6.45) is 1.54. The van der Waals surface area contributed by atoms with Gasteiger partial charge in [0.05, 0.1) is 18.4 Å². The average Bonchev–Trinajstić information content (AvgIpc) is 3.11. The molecule has 3 rings (SSSR count). The van der Waals surface area contributed by atoms with E-state index in [1.54, 1.807) is 37.4 Å². The highest BCUT2D eigenvalue weighted by Gasteiger charge is 2.18. The van der Waals surface area contributed by atoms with Crippen molar-refractivity contribution in [1.29, 1.82) is 0 Å². The predicted molar refractivity (Wildman–Crippen MR) is 82.9 cm³/mol. The third-order valence-corrected chi connectivity index (χ3v) is 3.50. The second-order valence-electron chi connectivity index (χ2n) is 5.26. The molecule has 0 aliphatic carbocycles. The Morgan fingerprint density at radius 1 is 1.17 bits per heavy atom. The standard InChI is InChI=1S/C17H17NO6/c1-18(10-13-3-2-6-21-13)16(19)11-24-17(20)12-4-5-14-15(9-12)23-8-7-22-14/h2-6,9H,7-8,10-11H2,1H3. The van der Waals surface area contributed by atoms with Gasteiger partial charge in [0.15, 0.2) is 18.1 Å². The van der Waals surface area contributed by atoms with E-state index in [9.17, 15) is 9.59 Å². The Balaban J connectivity index is 1.54. The van der Waals surface area contributed by atoms with Gasteiger partial charge in [-0.3, -0.25) is 4.79 Å². The summed E-state index contributed by atoms with van der Waals surface area (Å²) in [5.74, 6) is 0.831. The van der Waals surface area contributed by atoms with Gasteiger partial charge in [0.1, 0.15) is 19.0 Å². The lowest BCUT2D eigenvalue weighted by atomic mass is 10.2. The molecule has 0 N–H and O–H groups in total. The maximum Gasteiger partial charge on any atom is 0.338 e. The van der Waals surface area contributed by atoms with Crippen LogP contribution in [0.25, 0.3) is 0 Å². The van der Waals surface area contributed by atoms with E-state index < -0.39 is 5.97 Å². The Labute approximate surface area is 138 Å². The number of carbonyl (C=O) groups is 2. The average molecular weight is 331 g/mol. The highest BCUT2D eigenvalue weighted by Crippen LogP contribution is 2.30. The molecule has 0 fully saturated rings. The zero-order chi connectivity index (χ0) is 16.9. The number of rotatable bonds is 5. The summed E-state index contributed by atoms with van der Waals surface area (Å²) < 4.78 is 21.0. The smallest absolute Gasteiger partial charge is 0.338 e. The van der Waals surface area contributed by atoms with Gasteiger partial charge in [-0.25, -0.2) is 4.79 Å². The summed E-state index contributed by atoms with van der Waals surface area (Å²) in [6.45, 7) is 0.882. The third-order valence-electron chi connectivity index (χ3n) is 3.50. The summed E-state index contributed by atoms with van der Waals surface area (Å²) >= 11 is 0. The van der Waals surface area contributed by atoms with Crippen molar-refractivity contribution in [3.63, 3.8) is 0 Å². The molecule has 24 heavy (non-hydrogen) atoms. The van der Waals surface area contributed by atoms with Gasteiger partial charge in [0, 0.05) is 7.05 Å². The number of esters is 1. The Kier molecular flexibility index (Phi) is 4.69. The Morgan fingerprint density at radius 2 is 1.96 bits per heavy atom. The molecular weight excluding hydrogens is 314 g/mol. The normalized spacial score (nSPS) is 12.5. The van der Waals surface area contributed by atoms with Crippen LogP contribution in [0.2, 0.25) is 0 Å². The molecule has 7 heteroatoms. The Bertz CT molecular complexity index is 725.